The molecule has 1 N–H and O–H groups in total. The molecule has 1 aromatic carbocycles. The number of hydrogen-bond donors (Lipinski definition) is 1. The molecule has 1 fully saturated rings. The Labute approximate surface area is 117 Å². The fourth-order valence-corrected chi connectivity index (χ4v) is 2.34. The molecule has 20 heavy (non-hydrogen) atoms. The number of carbonyl (C=O) groups is 1. The van der Waals surface area contributed by atoms with Gasteiger partial charge in [0.05, 0.1) is 18.4 Å². The van der Waals surface area contributed by atoms with E-state index in [9.17, 15) is 4.79 Å². The molecule has 0 unspecified atom stereocenters. The van der Waals surface area contributed by atoms with Crippen molar-refractivity contribution >= 4 is 5.78 Å². The maximum atomic E-state index is 12.4. The third-order valence-corrected chi connectivity index (χ3v) is 3.41. The van der Waals surface area contributed by atoms with E-state index in [1.165, 1.54) is 6.20 Å². The zero-order chi connectivity index (χ0) is 13.8. The third kappa shape index (κ3) is 2.76. The number of piperazine rings is 1. The molecule has 3 rings (SSSR count). The summed E-state index contributed by atoms with van der Waals surface area (Å²) in [5.41, 5.74) is 1.39. The number of para-hydroxylation sites is 1. The van der Waals surface area contributed by atoms with Crippen molar-refractivity contribution in [2.45, 2.75) is 0 Å². The highest BCUT2D eigenvalue weighted by atomic mass is 16.1. The van der Waals surface area contributed by atoms with Gasteiger partial charge in [-0.05, 0) is 12.1 Å². The van der Waals surface area contributed by atoms with E-state index in [2.05, 4.69) is 20.5 Å². The molecule has 6 nitrogen and oxygen atoms in total. The minimum absolute atomic E-state index is 0.0563. The van der Waals surface area contributed by atoms with Crippen LogP contribution in [0.2, 0.25) is 0 Å². The van der Waals surface area contributed by atoms with Gasteiger partial charge in [-0.2, -0.15) is 0 Å². The summed E-state index contributed by atoms with van der Waals surface area (Å²) >= 11 is 0. The summed E-state index contributed by atoms with van der Waals surface area (Å²) in [5, 5.41) is 11.2. The Kier molecular flexibility index (Phi) is 3.85. The number of aromatic nitrogens is 3. The topological polar surface area (TPSA) is 63.1 Å². The van der Waals surface area contributed by atoms with Crippen LogP contribution in [0.25, 0.3) is 5.69 Å². The number of benzene rings is 1. The molecule has 104 valence electrons. The lowest BCUT2D eigenvalue weighted by Gasteiger charge is -2.26. The Morgan fingerprint density at radius 2 is 1.95 bits per heavy atom. The zero-order valence-corrected chi connectivity index (χ0v) is 11.2. The van der Waals surface area contributed by atoms with Crippen molar-refractivity contribution in [3.63, 3.8) is 0 Å². The highest BCUT2D eigenvalue weighted by Crippen LogP contribution is 2.10. The smallest absolute Gasteiger partial charge is 0.196 e. The van der Waals surface area contributed by atoms with Gasteiger partial charge in [-0.15, -0.1) is 5.10 Å². The molecule has 2 heterocycles. The monoisotopic (exact) mass is 271 g/mol. The van der Waals surface area contributed by atoms with Crippen molar-refractivity contribution in [2.24, 2.45) is 0 Å². The summed E-state index contributed by atoms with van der Waals surface area (Å²) in [4.78, 5) is 14.6. The molecule has 0 aliphatic carbocycles. The Bertz CT molecular complexity index is 574. The van der Waals surface area contributed by atoms with E-state index >= 15 is 0 Å². The fraction of sp³-hybridized carbons (Fsp3) is 0.357. The van der Waals surface area contributed by atoms with Crippen LogP contribution in [0.5, 0.6) is 0 Å². The van der Waals surface area contributed by atoms with E-state index < -0.39 is 0 Å². The Morgan fingerprint density at radius 3 is 2.70 bits per heavy atom. The number of ketones is 1. The van der Waals surface area contributed by atoms with Gasteiger partial charge in [-0.1, -0.05) is 23.4 Å². The standard InChI is InChI=1S/C14H17N5O/c20-14(11-18-8-6-15-7-9-18)13-10-16-17-19(13)12-4-2-1-3-5-12/h1-5,10,15H,6-9,11H2. The summed E-state index contributed by atoms with van der Waals surface area (Å²) in [6.07, 6.45) is 1.54. The molecule has 6 heteroatoms. The van der Waals surface area contributed by atoms with E-state index in [0.717, 1.165) is 31.9 Å². The lowest BCUT2D eigenvalue weighted by Crippen LogP contribution is -2.45. The van der Waals surface area contributed by atoms with Crippen LogP contribution in [0.15, 0.2) is 36.5 Å². The minimum atomic E-state index is 0.0563. The number of hydrogen-bond acceptors (Lipinski definition) is 5. The zero-order valence-electron chi connectivity index (χ0n) is 11.2. The second-order valence-electron chi connectivity index (χ2n) is 4.82. The van der Waals surface area contributed by atoms with Crippen LogP contribution in [-0.2, 0) is 0 Å². The Morgan fingerprint density at radius 1 is 1.20 bits per heavy atom. The lowest BCUT2D eigenvalue weighted by atomic mass is 10.2. The summed E-state index contributed by atoms with van der Waals surface area (Å²) < 4.78 is 1.60. The van der Waals surface area contributed by atoms with E-state index in [1.54, 1.807) is 4.68 Å². The van der Waals surface area contributed by atoms with Crippen molar-refractivity contribution < 1.29 is 4.79 Å². The van der Waals surface area contributed by atoms with Gasteiger partial charge in [-0.25, -0.2) is 4.68 Å². The van der Waals surface area contributed by atoms with Crippen LogP contribution < -0.4 is 5.32 Å². The van der Waals surface area contributed by atoms with Crippen molar-refractivity contribution in [2.75, 3.05) is 32.7 Å². The highest BCUT2D eigenvalue weighted by Gasteiger charge is 2.19. The largest absolute Gasteiger partial charge is 0.314 e. The molecule has 0 amide bonds. The van der Waals surface area contributed by atoms with E-state index in [1.807, 2.05) is 30.3 Å². The highest BCUT2D eigenvalue weighted by molar-refractivity contribution is 5.96. The van der Waals surface area contributed by atoms with Crippen molar-refractivity contribution in [1.82, 2.24) is 25.2 Å². The van der Waals surface area contributed by atoms with Crippen LogP contribution in [0.3, 0.4) is 0 Å². The lowest BCUT2D eigenvalue weighted by molar-refractivity contribution is 0.0914. The van der Waals surface area contributed by atoms with E-state index in [-0.39, 0.29) is 5.78 Å². The average Bonchev–Trinajstić information content (AvgIpc) is 2.99. The summed E-state index contributed by atoms with van der Waals surface area (Å²) in [5.74, 6) is 0.0563. The van der Waals surface area contributed by atoms with Crippen molar-refractivity contribution in [1.29, 1.82) is 0 Å². The molecule has 1 saturated heterocycles. The molecular weight excluding hydrogens is 254 g/mol. The van der Waals surface area contributed by atoms with Crippen LogP contribution in [0.1, 0.15) is 10.5 Å². The van der Waals surface area contributed by atoms with Gasteiger partial charge in [0.1, 0.15) is 5.69 Å². The quantitative estimate of drug-likeness (QED) is 0.813. The first-order valence-electron chi connectivity index (χ1n) is 6.77. The molecule has 2 aromatic rings. The first-order valence-corrected chi connectivity index (χ1v) is 6.77. The molecule has 0 spiro atoms. The molecule has 0 radical (unpaired) electrons. The number of nitrogens with one attached hydrogen (secondary N) is 1. The van der Waals surface area contributed by atoms with Gasteiger partial charge in [0.15, 0.2) is 5.78 Å². The average molecular weight is 271 g/mol. The molecule has 1 aliphatic rings. The number of nitrogens with zero attached hydrogens (tertiary/aromatic N) is 4. The Hall–Kier alpha value is -2.05. The van der Waals surface area contributed by atoms with Crippen LogP contribution >= 0.6 is 0 Å². The molecule has 0 atom stereocenters. The molecule has 0 saturated carbocycles. The van der Waals surface area contributed by atoms with E-state index in [0.29, 0.717) is 12.2 Å². The second-order valence-corrected chi connectivity index (χ2v) is 4.82. The minimum Gasteiger partial charge on any atom is -0.314 e. The van der Waals surface area contributed by atoms with Crippen molar-refractivity contribution in [3.8, 4) is 5.69 Å². The summed E-state index contributed by atoms with van der Waals surface area (Å²) in [6, 6.07) is 9.60. The number of Topliss-reactive ketones (excluding diaryl/α,β-unsaturated/α-hetero) is 1. The van der Waals surface area contributed by atoms with Gasteiger partial charge in [-0.3, -0.25) is 9.69 Å². The predicted molar refractivity (Wildman–Crippen MR) is 75.0 cm³/mol. The molecule has 1 aromatic heterocycles. The molecule has 1 aliphatic heterocycles. The maximum Gasteiger partial charge on any atom is 0.196 e. The SMILES string of the molecule is O=C(CN1CCNCC1)c1cnnn1-c1ccccc1. The molecule has 0 bridgehead atoms. The van der Waals surface area contributed by atoms with Gasteiger partial charge < -0.3 is 5.32 Å². The summed E-state index contributed by atoms with van der Waals surface area (Å²) in [6.45, 7) is 4.09. The number of rotatable bonds is 4. The summed E-state index contributed by atoms with van der Waals surface area (Å²) in [7, 11) is 0. The van der Waals surface area contributed by atoms with Gasteiger partial charge in [0.2, 0.25) is 0 Å². The van der Waals surface area contributed by atoms with Gasteiger partial charge in [0, 0.05) is 26.2 Å². The Balaban J connectivity index is 1.77. The molecular formula is C14H17N5O. The number of carbonyl (C=O) groups excluding carboxylic acids is 1. The maximum absolute atomic E-state index is 12.4. The van der Waals surface area contributed by atoms with E-state index in [4.69, 9.17) is 0 Å². The van der Waals surface area contributed by atoms with Crippen LogP contribution in [-0.4, -0.2) is 58.4 Å². The first kappa shape index (κ1) is 13.0. The van der Waals surface area contributed by atoms with Gasteiger partial charge in [0.25, 0.3) is 0 Å². The third-order valence-electron chi connectivity index (χ3n) is 3.41. The fourth-order valence-electron chi connectivity index (χ4n) is 2.34. The van der Waals surface area contributed by atoms with Crippen molar-refractivity contribution in [3.05, 3.63) is 42.2 Å². The normalized spacial score (nSPS) is 16.2. The first-order chi connectivity index (χ1) is 9.84. The van der Waals surface area contributed by atoms with Gasteiger partial charge >= 0.3 is 0 Å². The second kappa shape index (κ2) is 5.94. The predicted octanol–water partition coefficient (Wildman–Crippen LogP) is 0.355. The van der Waals surface area contributed by atoms with Crippen LogP contribution in [0, 0.1) is 0 Å². The van der Waals surface area contributed by atoms with Crippen LogP contribution in [0.4, 0.5) is 0 Å².